The first kappa shape index (κ1) is 15.5. The second-order valence-corrected chi connectivity index (χ2v) is 6.49. The number of aromatic nitrogens is 2. The summed E-state index contributed by atoms with van der Waals surface area (Å²) in [6, 6.07) is 0. The van der Waals surface area contributed by atoms with Gasteiger partial charge in [-0.2, -0.15) is 4.98 Å². The van der Waals surface area contributed by atoms with Gasteiger partial charge >= 0.3 is 0 Å². The lowest BCUT2D eigenvalue weighted by atomic mass is 10.1. The van der Waals surface area contributed by atoms with Gasteiger partial charge in [0.25, 0.3) is 0 Å². The minimum Gasteiger partial charge on any atom is -0.369 e. The van der Waals surface area contributed by atoms with Crippen molar-refractivity contribution < 1.29 is 0 Å². The molecule has 0 spiro atoms. The maximum atomic E-state index is 4.79. The van der Waals surface area contributed by atoms with Crippen molar-refractivity contribution in [1.29, 1.82) is 0 Å². The van der Waals surface area contributed by atoms with E-state index >= 15 is 0 Å². The number of rotatable bonds is 5. The lowest BCUT2D eigenvalue weighted by Gasteiger charge is -2.28. The van der Waals surface area contributed by atoms with Crippen molar-refractivity contribution in [2.75, 3.05) is 29.9 Å². The molecule has 1 aliphatic rings. The average molecular weight is 341 g/mol. The van der Waals surface area contributed by atoms with Crippen LogP contribution in [0.1, 0.15) is 58.1 Å². The maximum Gasteiger partial charge on any atom is 0.227 e. The molecule has 0 atom stereocenters. The van der Waals surface area contributed by atoms with Crippen LogP contribution in [0.4, 0.5) is 11.8 Å². The molecule has 0 amide bonds. The van der Waals surface area contributed by atoms with Gasteiger partial charge in [0.1, 0.15) is 5.82 Å². The van der Waals surface area contributed by atoms with Crippen molar-refractivity contribution in [3.05, 3.63) is 10.2 Å². The van der Waals surface area contributed by atoms with Crippen LogP contribution in [0.25, 0.3) is 0 Å². The van der Waals surface area contributed by atoms with E-state index in [1.807, 2.05) is 0 Å². The van der Waals surface area contributed by atoms with E-state index in [2.05, 4.69) is 46.9 Å². The molecule has 1 aliphatic heterocycles. The molecule has 2 heterocycles. The van der Waals surface area contributed by atoms with Crippen LogP contribution in [-0.4, -0.2) is 29.6 Å². The average Bonchev–Trinajstić information content (AvgIpc) is 2.46. The van der Waals surface area contributed by atoms with E-state index in [0.717, 1.165) is 48.0 Å². The molecule has 0 saturated carbocycles. The minimum atomic E-state index is 0.387. The van der Waals surface area contributed by atoms with Gasteiger partial charge in [-0.05, 0) is 47.5 Å². The van der Waals surface area contributed by atoms with Crippen molar-refractivity contribution in [2.24, 2.45) is 0 Å². The number of hydrogen-bond donors (Lipinski definition) is 1. The Morgan fingerprint density at radius 2 is 1.90 bits per heavy atom. The van der Waals surface area contributed by atoms with Gasteiger partial charge in [-0.1, -0.05) is 20.8 Å². The van der Waals surface area contributed by atoms with Crippen LogP contribution in [-0.2, 0) is 0 Å². The van der Waals surface area contributed by atoms with Gasteiger partial charge in [-0.3, -0.25) is 0 Å². The summed E-state index contributed by atoms with van der Waals surface area (Å²) < 4.78 is 1.02. The first-order valence-electron chi connectivity index (χ1n) is 7.69. The highest BCUT2D eigenvalue weighted by atomic mass is 79.9. The summed E-state index contributed by atoms with van der Waals surface area (Å²) in [5.74, 6) is 2.21. The summed E-state index contributed by atoms with van der Waals surface area (Å²) in [4.78, 5) is 11.8. The van der Waals surface area contributed by atoms with Gasteiger partial charge in [0, 0.05) is 19.6 Å². The SMILES string of the molecule is CCCNc1nc(N2CCCCC2)nc(C(C)C)c1Br. The molecule has 5 heteroatoms. The molecule has 1 aromatic rings. The zero-order valence-electron chi connectivity index (χ0n) is 12.7. The second kappa shape index (κ2) is 7.25. The number of anilines is 2. The van der Waals surface area contributed by atoms with Crippen LogP contribution in [0.3, 0.4) is 0 Å². The summed E-state index contributed by atoms with van der Waals surface area (Å²) >= 11 is 3.66. The van der Waals surface area contributed by atoms with Gasteiger partial charge in [-0.25, -0.2) is 4.98 Å². The molecule has 1 aromatic heterocycles. The normalized spacial score (nSPS) is 15.8. The Kier molecular flexibility index (Phi) is 5.64. The van der Waals surface area contributed by atoms with E-state index in [9.17, 15) is 0 Å². The van der Waals surface area contributed by atoms with Crippen molar-refractivity contribution in [2.45, 2.75) is 52.4 Å². The zero-order valence-corrected chi connectivity index (χ0v) is 14.3. The van der Waals surface area contributed by atoms with Gasteiger partial charge in [0.2, 0.25) is 5.95 Å². The molecule has 1 N–H and O–H groups in total. The van der Waals surface area contributed by atoms with E-state index < -0.39 is 0 Å². The highest BCUT2D eigenvalue weighted by Gasteiger charge is 2.19. The lowest BCUT2D eigenvalue weighted by molar-refractivity contribution is 0.566. The Bertz CT molecular complexity index is 442. The Morgan fingerprint density at radius 1 is 1.20 bits per heavy atom. The van der Waals surface area contributed by atoms with Crippen LogP contribution >= 0.6 is 15.9 Å². The molecule has 0 bridgehead atoms. The predicted octanol–water partition coefficient (Wildman–Crippen LogP) is 4.17. The fourth-order valence-electron chi connectivity index (χ4n) is 2.43. The summed E-state index contributed by atoms with van der Waals surface area (Å²) in [7, 11) is 0. The summed E-state index contributed by atoms with van der Waals surface area (Å²) in [6.07, 6.45) is 4.90. The molecular formula is C15H25BrN4. The Labute approximate surface area is 130 Å². The molecule has 0 aromatic carbocycles. The fraction of sp³-hybridized carbons (Fsp3) is 0.733. The molecule has 1 saturated heterocycles. The molecule has 0 unspecified atom stereocenters. The van der Waals surface area contributed by atoms with E-state index in [1.165, 1.54) is 19.3 Å². The first-order valence-corrected chi connectivity index (χ1v) is 8.49. The number of piperidine rings is 1. The van der Waals surface area contributed by atoms with Crippen LogP contribution in [0, 0.1) is 0 Å². The van der Waals surface area contributed by atoms with Crippen molar-refractivity contribution >= 4 is 27.7 Å². The highest BCUT2D eigenvalue weighted by Crippen LogP contribution is 2.31. The molecule has 2 rings (SSSR count). The first-order chi connectivity index (χ1) is 9.63. The predicted molar refractivity (Wildman–Crippen MR) is 88.7 cm³/mol. The standard InChI is InChI=1S/C15H25BrN4/c1-4-8-17-14-12(16)13(11(2)3)18-15(19-14)20-9-6-5-7-10-20/h11H,4-10H2,1-3H3,(H,17,18,19). The summed E-state index contributed by atoms with van der Waals surface area (Å²) in [5.41, 5.74) is 1.10. The van der Waals surface area contributed by atoms with Gasteiger partial charge in [0.15, 0.2) is 0 Å². The molecule has 20 heavy (non-hydrogen) atoms. The largest absolute Gasteiger partial charge is 0.369 e. The topological polar surface area (TPSA) is 41.1 Å². The molecule has 1 fully saturated rings. The molecule has 4 nitrogen and oxygen atoms in total. The zero-order chi connectivity index (χ0) is 14.5. The van der Waals surface area contributed by atoms with Crippen LogP contribution in [0.5, 0.6) is 0 Å². The van der Waals surface area contributed by atoms with Gasteiger partial charge in [-0.15, -0.1) is 0 Å². The molecular weight excluding hydrogens is 316 g/mol. The van der Waals surface area contributed by atoms with Gasteiger partial charge in [0.05, 0.1) is 10.2 Å². The van der Waals surface area contributed by atoms with Crippen molar-refractivity contribution in [3.63, 3.8) is 0 Å². The van der Waals surface area contributed by atoms with Crippen LogP contribution in [0.2, 0.25) is 0 Å². The maximum absolute atomic E-state index is 4.79. The third-order valence-corrected chi connectivity index (χ3v) is 4.38. The summed E-state index contributed by atoms with van der Waals surface area (Å²) in [5, 5.41) is 3.41. The monoisotopic (exact) mass is 340 g/mol. The molecule has 112 valence electrons. The lowest BCUT2D eigenvalue weighted by Crippen LogP contribution is -2.31. The Balaban J connectivity index is 2.32. The summed E-state index contributed by atoms with van der Waals surface area (Å²) in [6.45, 7) is 9.61. The van der Waals surface area contributed by atoms with Crippen LogP contribution in [0.15, 0.2) is 4.47 Å². The van der Waals surface area contributed by atoms with Crippen LogP contribution < -0.4 is 10.2 Å². The number of nitrogens with zero attached hydrogens (tertiary/aromatic N) is 3. The molecule has 0 aliphatic carbocycles. The van der Waals surface area contributed by atoms with E-state index in [0.29, 0.717) is 5.92 Å². The Hall–Kier alpha value is -0.840. The number of halogens is 1. The fourth-order valence-corrected chi connectivity index (χ4v) is 3.21. The smallest absolute Gasteiger partial charge is 0.227 e. The molecule has 0 radical (unpaired) electrons. The quantitative estimate of drug-likeness (QED) is 0.873. The number of hydrogen-bond acceptors (Lipinski definition) is 4. The third-order valence-electron chi connectivity index (χ3n) is 3.59. The highest BCUT2D eigenvalue weighted by molar-refractivity contribution is 9.10. The third kappa shape index (κ3) is 3.62. The van der Waals surface area contributed by atoms with E-state index in [1.54, 1.807) is 0 Å². The van der Waals surface area contributed by atoms with E-state index in [4.69, 9.17) is 9.97 Å². The number of nitrogens with one attached hydrogen (secondary N) is 1. The van der Waals surface area contributed by atoms with E-state index in [-0.39, 0.29) is 0 Å². The minimum absolute atomic E-state index is 0.387. The van der Waals surface area contributed by atoms with Crippen molar-refractivity contribution in [3.8, 4) is 0 Å². The second-order valence-electron chi connectivity index (χ2n) is 5.70. The Morgan fingerprint density at radius 3 is 2.50 bits per heavy atom. The van der Waals surface area contributed by atoms with Crippen molar-refractivity contribution in [1.82, 2.24) is 9.97 Å². The van der Waals surface area contributed by atoms with Gasteiger partial charge < -0.3 is 10.2 Å².